The summed E-state index contributed by atoms with van der Waals surface area (Å²) in [6.07, 6.45) is 0.282. The van der Waals surface area contributed by atoms with Crippen LogP contribution in [0.5, 0.6) is 0 Å². The quantitative estimate of drug-likeness (QED) is 0.871. The Balaban J connectivity index is 2.04. The summed E-state index contributed by atoms with van der Waals surface area (Å²) >= 11 is 0. The molecule has 0 spiro atoms. The Bertz CT molecular complexity index is 424. The van der Waals surface area contributed by atoms with Crippen molar-refractivity contribution in [3.8, 4) is 0 Å². The summed E-state index contributed by atoms with van der Waals surface area (Å²) < 4.78 is 37.6. The second-order valence-corrected chi connectivity index (χ2v) is 5.87. The summed E-state index contributed by atoms with van der Waals surface area (Å²) in [4.78, 5) is 0. The minimum Gasteiger partial charge on any atom is -0.316 e. The van der Waals surface area contributed by atoms with Gasteiger partial charge in [-0.2, -0.15) is 13.2 Å². The van der Waals surface area contributed by atoms with Crippen LogP contribution in [0.4, 0.5) is 13.2 Å². The van der Waals surface area contributed by atoms with Crippen LogP contribution >= 0.6 is 0 Å². The molecule has 0 amide bonds. The predicted molar refractivity (Wildman–Crippen MR) is 74.5 cm³/mol. The van der Waals surface area contributed by atoms with Gasteiger partial charge in [-0.25, -0.2) is 0 Å². The molecule has 0 aromatic heterocycles. The smallest absolute Gasteiger partial charge is 0.316 e. The van der Waals surface area contributed by atoms with E-state index in [-0.39, 0.29) is 0 Å². The first kappa shape index (κ1) is 15.4. The van der Waals surface area contributed by atoms with E-state index >= 15 is 0 Å². The highest BCUT2D eigenvalue weighted by atomic mass is 19.4. The number of rotatable bonds is 4. The van der Waals surface area contributed by atoms with Gasteiger partial charge in [0.05, 0.1) is 5.56 Å². The van der Waals surface area contributed by atoms with Gasteiger partial charge in [0, 0.05) is 6.04 Å². The molecular weight excluding hydrogens is 263 g/mol. The molecule has 2 rings (SSSR count). The second kappa shape index (κ2) is 6.17. The molecular formula is C16H22F3N. The molecule has 1 nitrogen and oxygen atoms in total. The monoisotopic (exact) mass is 285 g/mol. The minimum atomic E-state index is -4.25. The zero-order valence-corrected chi connectivity index (χ0v) is 12.0. The number of likely N-dealkylation sites (N-methyl/N-ethyl adjacent to an activating group) is 1. The third-order valence-corrected chi connectivity index (χ3v) is 4.55. The van der Waals surface area contributed by atoms with Crippen LogP contribution in [0.2, 0.25) is 0 Å². The van der Waals surface area contributed by atoms with Crippen molar-refractivity contribution in [1.29, 1.82) is 0 Å². The van der Waals surface area contributed by atoms with Gasteiger partial charge < -0.3 is 5.32 Å². The molecule has 0 bridgehead atoms. The van der Waals surface area contributed by atoms with Crippen LogP contribution in [-0.4, -0.2) is 13.1 Å². The molecule has 1 aromatic carbocycles. The van der Waals surface area contributed by atoms with E-state index in [9.17, 15) is 13.2 Å². The number of benzene rings is 1. The molecule has 0 heterocycles. The van der Waals surface area contributed by atoms with Gasteiger partial charge in [-0.1, -0.05) is 31.9 Å². The Labute approximate surface area is 118 Å². The molecule has 0 aliphatic heterocycles. The molecule has 0 radical (unpaired) electrons. The lowest BCUT2D eigenvalue weighted by molar-refractivity contribution is -0.137. The molecule has 1 aliphatic rings. The maximum absolute atomic E-state index is 12.5. The third-order valence-electron chi connectivity index (χ3n) is 4.55. The fraction of sp³-hybridized carbons (Fsp3) is 0.625. The van der Waals surface area contributed by atoms with Crippen LogP contribution in [-0.2, 0) is 12.6 Å². The van der Waals surface area contributed by atoms with Crippen LogP contribution in [0.1, 0.15) is 37.3 Å². The van der Waals surface area contributed by atoms with E-state index in [4.69, 9.17) is 0 Å². The molecule has 112 valence electrons. The first-order valence-corrected chi connectivity index (χ1v) is 7.25. The van der Waals surface area contributed by atoms with E-state index in [2.05, 4.69) is 12.2 Å². The van der Waals surface area contributed by atoms with Crippen molar-refractivity contribution in [3.63, 3.8) is 0 Å². The van der Waals surface area contributed by atoms with Crippen molar-refractivity contribution in [2.24, 2.45) is 11.8 Å². The topological polar surface area (TPSA) is 12.0 Å². The highest BCUT2D eigenvalue weighted by molar-refractivity contribution is 5.25. The summed E-state index contributed by atoms with van der Waals surface area (Å²) in [5.41, 5.74) is 0.396. The fourth-order valence-corrected chi connectivity index (χ4v) is 3.32. The normalized spacial score (nSPS) is 24.9. The van der Waals surface area contributed by atoms with E-state index in [1.54, 1.807) is 12.1 Å². The van der Waals surface area contributed by atoms with Crippen LogP contribution in [0.25, 0.3) is 0 Å². The zero-order chi connectivity index (χ0) is 14.8. The first-order valence-electron chi connectivity index (χ1n) is 7.25. The highest BCUT2D eigenvalue weighted by Gasteiger charge is 2.31. The third kappa shape index (κ3) is 3.54. The lowest BCUT2D eigenvalue weighted by Gasteiger charge is -2.27. The largest absolute Gasteiger partial charge is 0.416 e. The number of halogens is 3. The van der Waals surface area contributed by atoms with Gasteiger partial charge in [0.25, 0.3) is 0 Å². The SMILES string of the molecule is CNC(Cc1ccc(C(F)(F)F)cc1)C1CCCC1C. The van der Waals surface area contributed by atoms with Crippen LogP contribution in [0.3, 0.4) is 0 Å². The van der Waals surface area contributed by atoms with Gasteiger partial charge in [-0.05, 0) is 49.4 Å². The van der Waals surface area contributed by atoms with Gasteiger partial charge in [0.1, 0.15) is 0 Å². The Morgan fingerprint density at radius 1 is 1.20 bits per heavy atom. The van der Waals surface area contributed by atoms with E-state index in [0.29, 0.717) is 17.9 Å². The molecule has 1 aromatic rings. The predicted octanol–water partition coefficient (Wildman–Crippen LogP) is 4.27. The van der Waals surface area contributed by atoms with Crippen molar-refractivity contribution in [1.82, 2.24) is 5.32 Å². The Kier molecular flexibility index (Phi) is 4.74. The highest BCUT2D eigenvalue weighted by Crippen LogP contribution is 2.35. The fourth-order valence-electron chi connectivity index (χ4n) is 3.32. The lowest BCUT2D eigenvalue weighted by Crippen LogP contribution is -2.36. The summed E-state index contributed by atoms with van der Waals surface area (Å²) in [6, 6.07) is 5.92. The number of alkyl halides is 3. The number of hydrogen-bond donors (Lipinski definition) is 1. The summed E-state index contributed by atoms with van der Waals surface area (Å²) in [5.74, 6) is 1.32. The minimum absolute atomic E-state index is 0.351. The Morgan fingerprint density at radius 2 is 1.85 bits per heavy atom. The molecule has 20 heavy (non-hydrogen) atoms. The standard InChI is InChI=1S/C16H22F3N/c1-11-4-3-5-14(11)15(20-2)10-12-6-8-13(9-7-12)16(17,18)19/h6-9,11,14-15,20H,3-5,10H2,1-2H3. The maximum Gasteiger partial charge on any atom is 0.416 e. The lowest BCUT2D eigenvalue weighted by atomic mass is 9.86. The number of nitrogens with one attached hydrogen (secondary N) is 1. The van der Waals surface area contributed by atoms with E-state index in [0.717, 1.165) is 12.0 Å². The van der Waals surface area contributed by atoms with Crippen molar-refractivity contribution >= 4 is 0 Å². The van der Waals surface area contributed by atoms with E-state index < -0.39 is 11.7 Å². The molecule has 3 unspecified atom stereocenters. The average Bonchev–Trinajstić information content (AvgIpc) is 2.82. The van der Waals surface area contributed by atoms with Crippen molar-refractivity contribution in [2.75, 3.05) is 7.05 Å². The van der Waals surface area contributed by atoms with Gasteiger partial charge in [0.2, 0.25) is 0 Å². The van der Waals surface area contributed by atoms with Gasteiger partial charge in [-0.3, -0.25) is 0 Å². The van der Waals surface area contributed by atoms with Crippen LogP contribution in [0, 0.1) is 11.8 Å². The van der Waals surface area contributed by atoms with Crippen molar-refractivity contribution in [3.05, 3.63) is 35.4 Å². The molecule has 1 saturated carbocycles. The maximum atomic E-state index is 12.5. The molecule has 3 atom stereocenters. The number of hydrogen-bond acceptors (Lipinski definition) is 1. The molecule has 0 saturated heterocycles. The molecule has 1 aliphatic carbocycles. The Morgan fingerprint density at radius 3 is 2.30 bits per heavy atom. The van der Waals surface area contributed by atoms with Crippen LogP contribution in [0.15, 0.2) is 24.3 Å². The van der Waals surface area contributed by atoms with Crippen molar-refractivity contribution < 1.29 is 13.2 Å². The van der Waals surface area contributed by atoms with Crippen LogP contribution < -0.4 is 5.32 Å². The molecule has 4 heteroatoms. The van der Waals surface area contributed by atoms with E-state index in [1.165, 1.54) is 31.4 Å². The summed E-state index contributed by atoms with van der Waals surface area (Å²) in [6.45, 7) is 2.27. The summed E-state index contributed by atoms with van der Waals surface area (Å²) in [5, 5.41) is 3.35. The average molecular weight is 285 g/mol. The zero-order valence-electron chi connectivity index (χ0n) is 12.0. The van der Waals surface area contributed by atoms with Gasteiger partial charge in [0.15, 0.2) is 0 Å². The van der Waals surface area contributed by atoms with Crippen molar-refractivity contribution in [2.45, 2.75) is 44.8 Å². The molecule has 1 N–H and O–H groups in total. The second-order valence-electron chi connectivity index (χ2n) is 5.87. The molecule has 1 fully saturated rings. The van der Waals surface area contributed by atoms with E-state index in [1.807, 2.05) is 7.05 Å². The summed E-state index contributed by atoms with van der Waals surface area (Å²) in [7, 11) is 1.94. The Hall–Kier alpha value is -1.03. The first-order chi connectivity index (χ1) is 9.41. The van der Waals surface area contributed by atoms with Gasteiger partial charge >= 0.3 is 6.18 Å². The van der Waals surface area contributed by atoms with Gasteiger partial charge in [-0.15, -0.1) is 0 Å².